The van der Waals surface area contributed by atoms with Crippen molar-refractivity contribution >= 4 is 17.0 Å². The predicted octanol–water partition coefficient (Wildman–Crippen LogP) is 3.65. The molecule has 0 bridgehead atoms. The summed E-state index contributed by atoms with van der Waals surface area (Å²) in [5, 5.41) is 9.44. The molecule has 0 atom stereocenters. The molecule has 1 heterocycles. The molecule has 0 unspecified atom stereocenters. The summed E-state index contributed by atoms with van der Waals surface area (Å²) in [6, 6.07) is 9.50. The summed E-state index contributed by atoms with van der Waals surface area (Å²) < 4.78 is 0. The van der Waals surface area contributed by atoms with Crippen LogP contribution in [-0.2, 0) is 0 Å². The number of hydrogen-bond acceptors (Lipinski definition) is 2. The van der Waals surface area contributed by atoms with Crippen LogP contribution in [0.25, 0.3) is 11.3 Å². The number of nitrogens with zero attached hydrogens (tertiary/aromatic N) is 1. The molecule has 1 aromatic heterocycles. The summed E-state index contributed by atoms with van der Waals surface area (Å²) in [6.07, 6.45) is 1.78. The average Bonchev–Trinajstić information content (AvgIpc) is 2.23. The van der Waals surface area contributed by atoms with Crippen molar-refractivity contribution in [3.8, 4) is 17.0 Å². The maximum atomic E-state index is 9.44. The molecule has 0 spiro atoms. The normalized spacial score (nSPS) is 9.62. The molecular formula is C13H14BrNO. The Morgan fingerprint density at radius 3 is 2.44 bits per heavy atom. The molecular weight excluding hydrogens is 266 g/mol. The summed E-state index contributed by atoms with van der Waals surface area (Å²) >= 11 is 0. The van der Waals surface area contributed by atoms with Gasteiger partial charge in [-0.1, -0.05) is 6.07 Å². The van der Waals surface area contributed by atoms with E-state index < -0.39 is 0 Å². The van der Waals surface area contributed by atoms with Crippen LogP contribution < -0.4 is 0 Å². The molecule has 3 heteroatoms. The maximum Gasteiger partial charge on any atom is 0.118 e. The number of phenols is 1. The lowest BCUT2D eigenvalue weighted by Crippen LogP contribution is -1.87. The van der Waals surface area contributed by atoms with Crippen LogP contribution in [0.3, 0.4) is 0 Å². The largest absolute Gasteiger partial charge is 0.508 e. The van der Waals surface area contributed by atoms with Crippen molar-refractivity contribution in [3.63, 3.8) is 0 Å². The molecule has 0 amide bonds. The Bertz CT molecular complexity index is 497. The first-order valence-corrected chi connectivity index (χ1v) is 4.90. The first-order valence-electron chi connectivity index (χ1n) is 4.90. The minimum Gasteiger partial charge on any atom is -0.508 e. The van der Waals surface area contributed by atoms with Gasteiger partial charge in [0.05, 0.1) is 5.69 Å². The highest BCUT2D eigenvalue weighted by atomic mass is 79.9. The zero-order valence-electron chi connectivity index (χ0n) is 9.27. The Balaban J connectivity index is 0.00000128. The molecule has 0 radical (unpaired) electrons. The highest BCUT2D eigenvalue weighted by molar-refractivity contribution is 8.93. The molecule has 1 N–H and O–H groups in total. The van der Waals surface area contributed by atoms with E-state index in [0.717, 1.165) is 22.4 Å². The fourth-order valence-electron chi connectivity index (χ4n) is 1.59. The third kappa shape index (κ3) is 2.42. The van der Waals surface area contributed by atoms with Crippen LogP contribution in [0.1, 0.15) is 11.1 Å². The van der Waals surface area contributed by atoms with E-state index in [1.165, 1.54) is 0 Å². The molecule has 0 saturated heterocycles. The van der Waals surface area contributed by atoms with E-state index in [1.54, 1.807) is 12.3 Å². The number of benzene rings is 1. The van der Waals surface area contributed by atoms with E-state index in [2.05, 4.69) is 4.98 Å². The summed E-state index contributed by atoms with van der Waals surface area (Å²) in [5.41, 5.74) is 4.03. The number of rotatable bonds is 1. The number of halogens is 1. The van der Waals surface area contributed by atoms with Crippen molar-refractivity contribution in [2.75, 3.05) is 0 Å². The van der Waals surface area contributed by atoms with Gasteiger partial charge in [0.15, 0.2) is 0 Å². The van der Waals surface area contributed by atoms with E-state index >= 15 is 0 Å². The Kier molecular flexibility index (Phi) is 4.07. The third-order valence-electron chi connectivity index (χ3n) is 2.48. The molecule has 2 rings (SSSR count). The van der Waals surface area contributed by atoms with E-state index in [4.69, 9.17) is 0 Å². The summed E-state index contributed by atoms with van der Waals surface area (Å²) in [4.78, 5) is 4.34. The molecule has 0 aliphatic rings. The predicted molar refractivity (Wildman–Crippen MR) is 71.1 cm³/mol. The summed E-state index contributed by atoms with van der Waals surface area (Å²) in [5.74, 6) is 0.326. The smallest absolute Gasteiger partial charge is 0.118 e. The van der Waals surface area contributed by atoms with E-state index in [0.29, 0.717) is 5.75 Å². The second-order valence-corrected chi connectivity index (χ2v) is 3.67. The highest BCUT2D eigenvalue weighted by Crippen LogP contribution is 2.25. The molecule has 2 aromatic rings. The molecule has 0 aliphatic heterocycles. The van der Waals surface area contributed by atoms with Crippen molar-refractivity contribution < 1.29 is 5.11 Å². The van der Waals surface area contributed by atoms with Gasteiger partial charge in [-0.05, 0) is 49.2 Å². The zero-order chi connectivity index (χ0) is 10.8. The Morgan fingerprint density at radius 2 is 1.81 bits per heavy atom. The minimum absolute atomic E-state index is 0. The number of phenolic OH excluding ortho intramolecular Hbond substituents is 1. The molecule has 1 aromatic carbocycles. The van der Waals surface area contributed by atoms with Gasteiger partial charge in [0.2, 0.25) is 0 Å². The number of aromatic hydroxyl groups is 1. The van der Waals surface area contributed by atoms with Crippen LogP contribution in [0.2, 0.25) is 0 Å². The molecule has 16 heavy (non-hydrogen) atoms. The summed E-state index contributed by atoms with van der Waals surface area (Å²) in [7, 11) is 0. The third-order valence-corrected chi connectivity index (χ3v) is 2.48. The highest BCUT2D eigenvalue weighted by Gasteiger charge is 2.04. The van der Waals surface area contributed by atoms with Gasteiger partial charge in [-0.3, -0.25) is 4.98 Å². The number of pyridine rings is 1. The van der Waals surface area contributed by atoms with Gasteiger partial charge in [-0.2, -0.15) is 0 Å². The SMILES string of the molecule is Br.Cc1cc(-c2ncccc2C)ccc1O. The number of hydrogen-bond donors (Lipinski definition) is 1. The van der Waals surface area contributed by atoms with Gasteiger partial charge >= 0.3 is 0 Å². The van der Waals surface area contributed by atoms with Gasteiger partial charge < -0.3 is 5.11 Å². The number of aromatic nitrogens is 1. The lowest BCUT2D eigenvalue weighted by Gasteiger charge is -2.06. The van der Waals surface area contributed by atoms with Crippen LogP contribution >= 0.6 is 17.0 Å². The van der Waals surface area contributed by atoms with Crippen molar-refractivity contribution in [2.45, 2.75) is 13.8 Å². The lowest BCUT2D eigenvalue weighted by atomic mass is 10.0. The van der Waals surface area contributed by atoms with Crippen LogP contribution in [0, 0.1) is 13.8 Å². The molecule has 84 valence electrons. The van der Waals surface area contributed by atoms with Crippen LogP contribution in [0.4, 0.5) is 0 Å². The average molecular weight is 280 g/mol. The summed E-state index contributed by atoms with van der Waals surface area (Å²) in [6.45, 7) is 3.92. The molecule has 0 saturated carbocycles. The fraction of sp³-hybridized carbons (Fsp3) is 0.154. The van der Waals surface area contributed by atoms with Gasteiger partial charge in [0.25, 0.3) is 0 Å². The first kappa shape index (κ1) is 12.7. The van der Waals surface area contributed by atoms with Gasteiger partial charge in [0, 0.05) is 11.8 Å². The van der Waals surface area contributed by atoms with Crippen LogP contribution in [0.5, 0.6) is 5.75 Å². The Hall–Kier alpha value is -1.35. The van der Waals surface area contributed by atoms with Crippen molar-refractivity contribution in [1.29, 1.82) is 0 Å². The standard InChI is InChI=1S/C13H13NO.BrH/c1-9-4-3-7-14-13(9)11-5-6-12(15)10(2)8-11;/h3-8,15H,1-2H3;1H. The monoisotopic (exact) mass is 279 g/mol. The van der Waals surface area contributed by atoms with Gasteiger partial charge in [-0.25, -0.2) is 0 Å². The number of aryl methyl sites for hydroxylation is 2. The Morgan fingerprint density at radius 1 is 1.06 bits per heavy atom. The van der Waals surface area contributed by atoms with Gasteiger partial charge in [0.1, 0.15) is 5.75 Å². The topological polar surface area (TPSA) is 33.1 Å². The quantitative estimate of drug-likeness (QED) is 0.865. The second-order valence-electron chi connectivity index (χ2n) is 3.67. The molecule has 0 aliphatic carbocycles. The van der Waals surface area contributed by atoms with Crippen molar-refractivity contribution in [1.82, 2.24) is 4.98 Å². The minimum atomic E-state index is 0. The van der Waals surface area contributed by atoms with Gasteiger partial charge in [-0.15, -0.1) is 17.0 Å². The Labute approximate surface area is 106 Å². The van der Waals surface area contributed by atoms with Crippen molar-refractivity contribution in [2.24, 2.45) is 0 Å². The first-order chi connectivity index (χ1) is 7.18. The van der Waals surface area contributed by atoms with E-state index in [9.17, 15) is 5.11 Å². The van der Waals surface area contributed by atoms with Crippen LogP contribution in [0.15, 0.2) is 36.5 Å². The molecule has 2 nitrogen and oxygen atoms in total. The fourth-order valence-corrected chi connectivity index (χ4v) is 1.59. The van der Waals surface area contributed by atoms with E-state index in [-0.39, 0.29) is 17.0 Å². The zero-order valence-corrected chi connectivity index (χ0v) is 11.0. The second kappa shape index (κ2) is 5.12. The van der Waals surface area contributed by atoms with E-state index in [1.807, 2.05) is 38.1 Å². The lowest BCUT2D eigenvalue weighted by molar-refractivity contribution is 0.471. The molecule has 0 fully saturated rings. The maximum absolute atomic E-state index is 9.44. The van der Waals surface area contributed by atoms with Crippen LogP contribution in [-0.4, -0.2) is 10.1 Å². The van der Waals surface area contributed by atoms with Crippen molar-refractivity contribution in [3.05, 3.63) is 47.7 Å².